The second-order valence-electron chi connectivity index (χ2n) is 4.08. The van der Waals surface area contributed by atoms with E-state index in [1.54, 1.807) is 6.33 Å². The van der Waals surface area contributed by atoms with Gasteiger partial charge < -0.3 is 15.4 Å². The van der Waals surface area contributed by atoms with Gasteiger partial charge in [0.2, 0.25) is 0 Å². The largest absolute Gasteiger partial charge is 0.394 e. The number of aliphatic hydroxyl groups excluding tert-OH is 1. The normalized spacial score (nSPS) is 20.1. The number of H-pyrrole nitrogens is 1. The van der Waals surface area contributed by atoms with Crippen LogP contribution in [0, 0.1) is 0 Å². The van der Waals surface area contributed by atoms with Gasteiger partial charge in [-0.05, 0) is 12.8 Å². The molecular weight excluding hydrogens is 178 g/mol. The molecule has 1 heterocycles. The van der Waals surface area contributed by atoms with Crippen LogP contribution < -0.4 is 5.32 Å². The molecule has 1 aliphatic carbocycles. The van der Waals surface area contributed by atoms with Gasteiger partial charge >= 0.3 is 0 Å². The van der Waals surface area contributed by atoms with Crippen molar-refractivity contribution in [2.45, 2.75) is 37.8 Å². The Bertz CT molecular complexity index is 265. The third kappa shape index (κ3) is 1.96. The predicted molar refractivity (Wildman–Crippen MR) is 53.7 cm³/mol. The first-order chi connectivity index (χ1) is 6.85. The van der Waals surface area contributed by atoms with Gasteiger partial charge in [0.05, 0.1) is 12.9 Å². The van der Waals surface area contributed by atoms with Gasteiger partial charge in [0.1, 0.15) is 0 Å². The molecule has 0 unspecified atom stereocenters. The van der Waals surface area contributed by atoms with Crippen molar-refractivity contribution < 1.29 is 5.11 Å². The van der Waals surface area contributed by atoms with Crippen LogP contribution in [0.15, 0.2) is 12.5 Å². The van der Waals surface area contributed by atoms with E-state index in [4.69, 9.17) is 0 Å². The summed E-state index contributed by atoms with van der Waals surface area (Å²) >= 11 is 0. The Morgan fingerprint density at radius 1 is 1.50 bits per heavy atom. The zero-order chi connectivity index (χ0) is 9.86. The molecule has 1 aromatic rings. The van der Waals surface area contributed by atoms with Crippen LogP contribution in [0.2, 0.25) is 0 Å². The Hall–Kier alpha value is -0.870. The number of hydrogen-bond donors (Lipinski definition) is 3. The molecule has 78 valence electrons. The Kier molecular flexibility index (Phi) is 2.84. The smallest absolute Gasteiger partial charge is 0.0922 e. The minimum Gasteiger partial charge on any atom is -0.394 e. The molecule has 0 bridgehead atoms. The van der Waals surface area contributed by atoms with Crippen LogP contribution in [0.1, 0.15) is 31.4 Å². The average Bonchev–Trinajstić information content (AvgIpc) is 2.87. The van der Waals surface area contributed by atoms with E-state index < -0.39 is 0 Å². The maximum Gasteiger partial charge on any atom is 0.0922 e. The van der Waals surface area contributed by atoms with Crippen LogP contribution in [0.3, 0.4) is 0 Å². The fraction of sp³-hybridized carbons (Fsp3) is 0.700. The summed E-state index contributed by atoms with van der Waals surface area (Å²) in [6.45, 7) is 1.00. The van der Waals surface area contributed by atoms with Crippen molar-refractivity contribution in [3.05, 3.63) is 18.2 Å². The number of nitrogens with zero attached hydrogens (tertiary/aromatic N) is 1. The van der Waals surface area contributed by atoms with E-state index in [2.05, 4.69) is 15.3 Å². The second kappa shape index (κ2) is 4.11. The van der Waals surface area contributed by atoms with Gasteiger partial charge in [-0.25, -0.2) is 4.98 Å². The fourth-order valence-electron chi connectivity index (χ4n) is 2.11. The van der Waals surface area contributed by atoms with Crippen molar-refractivity contribution in [1.29, 1.82) is 0 Å². The molecule has 4 nitrogen and oxygen atoms in total. The minimum absolute atomic E-state index is 0.0366. The highest BCUT2D eigenvalue weighted by Gasteiger charge is 2.32. The lowest BCUT2D eigenvalue weighted by Gasteiger charge is -2.27. The number of rotatable bonds is 4. The quantitative estimate of drug-likeness (QED) is 0.666. The van der Waals surface area contributed by atoms with Crippen LogP contribution in [-0.4, -0.2) is 27.2 Å². The first-order valence-electron chi connectivity index (χ1n) is 5.18. The zero-order valence-electron chi connectivity index (χ0n) is 8.29. The van der Waals surface area contributed by atoms with Crippen molar-refractivity contribution in [1.82, 2.24) is 15.3 Å². The topological polar surface area (TPSA) is 60.9 Å². The lowest BCUT2D eigenvalue weighted by molar-refractivity contribution is 0.162. The van der Waals surface area contributed by atoms with Crippen molar-refractivity contribution >= 4 is 0 Å². The monoisotopic (exact) mass is 195 g/mol. The molecule has 1 fully saturated rings. The summed E-state index contributed by atoms with van der Waals surface area (Å²) in [5.74, 6) is 0. The van der Waals surface area contributed by atoms with Crippen molar-refractivity contribution in [2.75, 3.05) is 6.61 Å². The Labute approximate surface area is 83.8 Å². The van der Waals surface area contributed by atoms with Crippen molar-refractivity contribution in [3.8, 4) is 0 Å². The first-order valence-corrected chi connectivity index (χ1v) is 5.18. The summed E-state index contributed by atoms with van der Waals surface area (Å²) in [7, 11) is 0. The van der Waals surface area contributed by atoms with Crippen LogP contribution in [0.25, 0.3) is 0 Å². The Balaban J connectivity index is 1.89. The van der Waals surface area contributed by atoms with E-state index in [0.717, 1.165) is 25.1 Å². The Morgan fingerprint density at radius 2 is 2.29 bits per heavy atom. The number of aromatic amines is 1. The molecule has 14 heavy (non-hydrogen) atoms. The van der Waals surface area contributed by atoms with Crippen LogP contribution in [-0.2, 0) is 6.54 Å². The summed E-state index contributed by atoms with van der Waals surface area (Å²) in [6.07, 6.45) is 8.09. The van der Waals surface area contributed by atoms with Crippen LogP contribution >= 0.6 is 0 Å². The first kappa shape index (κ1) is 9.68. The van der Waals surface area contributed by atoms with E-state index in [-0.39, 0.29) is 12.1 Å². The SMILES string of the molecule is OCC1(NCc2cnc[nH]2)CCCC1. The van der Waals surface area contributed by atoms with Gasteiger partial charge in [-0.2, -0.15) is 0 Å². The number of aliphatic hydroxyl groups is 1. The van der Waals surface area contributed by atoms with Gasteiger partial charge in [-0.15, -0.1) is 0 Å². The molecule has 0 amide bonds. The summed E-state index contributed by atoms with van der Waals surface area (Å²) in [5.41, 5.74) is 1.04. The number of imidazole rings is 1. The highest BCUT2D eigenvalue weighted by Crippen LogP contribution is 2.29. The van der Waals surface area contributed by atoms with Crippen molar-refractivity contribution in [3.63, 3.8) is 0 Å². The molecule has 1 aliphatic rings. The van der Waals surface area contributed by atoms with E-state index in [0.29, 0.717) is 0 Å². The summed E-state index contributed by atoms with van der Waals surface area (Å²) in [6, 6.07) is 0. The molecule has 4 heteroatoms. The Morgan fingerprint density at radius 3 is 2.86 bits per heavy atom. The van der Waals surface area contributed by atoms with E-state index in [9.17, 15) is 5.11 Å². The zero-order valence-corrected chi connectivity index (χ0v) is 8.29. The maximum atomic E-state index is 9.36. The highest BCUT2D eigenvalue weighted by molar-refractivity contribution is 4.98. The fourth-order valence-corrected chi connectivity index (χ4v) is 2.11. The van der Waals surface area contributed by atoms with Crippen molar-refractivity contribution in [2.24, 2.45) is 0 Å². The van der Waals surface area contributed by atoms with E-state index in [1.165, 1.54) is 12.8 Å². The lowest BCUT2D eigenvalue weighted by Crippen LogP contribution is -2.45. The standard InChI is InChI=1S/C10H17N3O/c14-7-10(3-1-2-4-10)13-6-9-5-11-8-12-9/h5,8,13-14H,1-4,6-7H2,(H,11,12). The third-order valence-electron chi connectivity index (χ3n) is 3.07. The van der Waals surface area contributed by atoms with Gasteiger partial charge in [0.15, 0.2) is 0 Å². The molecule has 0 radical (unpaired) electrons. The second-order valence-corrected chi connectivity index (χ2v) is 4.08. The molecule has 3 N–H and O–H groups in total. The summed E-state index contributed by atoms with van der Waals surface area (Å²) in [5, 5.41) is 12.8. The maximum absolute atomic E-state index is 9.36. The minimum atomic E-state index is -0.0366. The average molecular weight is 195 g/mol. The van der Waals surface area contributed by atoms with Gasteiger partial charge in [0, 0.05) is 24.0 Å². The van der Waals surface area contributed by atoms with Gasteiger partial charge in [0.25, 0.3) is 0 Å². The predicted octanol–water partition coefficient (Wildman–Crippen LogP) is 0.804. The van der Waals surface area contributed by atoms with Crippen LogP contribution in [0.4, 0.5) is 0 Å². The van der Waals surface area contributed by atoms with E-state index in [1.807, 2.05) is 6.20 Å². The van der Waals surface area contributed by atoms with Gasteiger partial charge in [-0.1, -0.05) is 12.8 Å². The number of aromatic nitrogens is 2. The molecule has 0 saturated heterocycles. The molecule has 0 aromatic carbocycles. The van der Waals surface area contributed by atoms with Gasteiger partial charge in [-0.3, -0.25) is 0 Å². The molecule has 0 atom stereocenters. The molecule has 2 rings (SSSR count). The molecule has 1 saturated carbocycles. The molecular formula is C10H17N3O. The summed E-state index contributed by atoms with van der Waals surface area (Å²) < 4.78 is 0. The lowest BCUT2D eigenvalue weighted by atomic mass is 9.99. The molecule has 1 aromatic heterocycles. The molecule has 0 spiro atoms. The highest BCUT2D eigenvalue weighted by atomic mass is 16.3. The molecule has 0 aliphatic heterocycles. The summed E-state index contributed by atoms with van der Waals surface area (Å²) in [4.78, 5) is 7.01. The third-order valence-corrected chi connectivity index (χ3v) is 3.07. The number of hydrogen-bond acceptors (Lipinski definition) is 3. The number of nitrogens with one attached hydrogen (secondary N) is 2. The van der Waals surface area contributed by atoms with Crippen LogP contribution in [0.5, 0.6) is 0 Å². The van der Waals surface area contributed by atoms with E-state index >= 15 is 0 Å².